The Hall–Kier alpha value is -0.0800. The van der Waals surface area contributed by atoms with E-state index in [-0.39, 0.29) is 0 Å². The Morgan fingerprint density at radius 1 is 1.50 bits per heavy atom. The highest BCUT2D eigenvalue weighted by Gasteiger charge is 2.23. The Morgan fingerprint density at radius 2 is 2.10 bits per heavy atom. The summed E-state index contributed by atoms with van der Waals surface area (Å²) in [4.78, 5) is 0. The van der Waals surface area contributed by atoms with Crippen LogP contribution in [-0.4, -0.2) is 19.1 Å². The second kappa shape index (κ2) is 3.35. The number of nitrogens with one attached hydrogen (secondary N) is 1. The van der Waals surface area contributed by atoms with Gasteiger partial charge in [-0.05, 0) is 18.3 Å². The Balaban J connectivity index is 2.13. The highest BCUT2D eigenvalue weighted by molar-refractivity contribution is 4.84. The van der Waals surface area contributed by atoms with Crippen molar-refractivity contribution in [2.45, 2.75) is 26.3 Å². The van der Waals surface area contributed by atoms with E-state index >= 15 is 0 Å². The summed E-state index contributed by atoms with van der Waals surface area (Å²) in [5, 5.41) is 3.24. The highest BCUT2D eigenvalue weighted by atomic mass is 15.0. The van der Waals surface area contributed by atoms with Gasteiger partial charge in [0.05, 0.1) is 0 Å². The van der Waals surface area contributed by atoms with Crippen LogP contribution in [0.3, 0.4) is 0 Å². The van der Waals surface area contributed by atoms with Gasteiger partial charge in [-0.15, -0.1) is 0 Å². The third-order valence-corrected chi connectivity index (χ3v) is 2.16. The molecular formula is C8H18N2. The molecule has 1 heterocycles. The third kappa shape index (κ3) is 1.96. The Bertz CT molecular complexity index is 97.4. The number of hydrogen-bond acceptors (Lipinski definition) is 2. The number of rotatable bonds is 3. The zero-order valence-corrected chi connectivity index (χ0v) is 6.93. The van der Waals surface area contributed by atoms with Gasteiger partial charge in [0.1, 0.15) is 0 Å². The maximum atomic E-state index is 5.94. The van der Waals surface area contributed by atoms with Crippen molar-refractivity contribution in [1.29, 1.82) is 0 Å². The first-order valence-corrected chi connectivity index (χ1v) is 4.16. The van der Waals surface area contributed by atoms with Crippen molar-refractivity contribution in [3.8, 4) is 0 Å². The van der Waals surface area contributed by atoms with Crippen LogP contribution in [0.15, 0.2) is 0 Å². The van der Waals surface area contributed by atoms with Crippen LogP contribution in [0.1, 0.15) is 20.3 Å². The van der Waals surface area contributed by atoms with E-state index in [0.717, 1.165) is 24.9 Å². The van der Waals surface area contributed by atoms with E-state index in [9.17, 15) is 0 Å². The van der Waals surface area contributed by atoms with Gasteiger partial charge in [-0.1, -0.05) is 13.8 Å². The molecule has 10 heavy (non-hydrogen) atoms. The van der Waals surface area contributed by atoms with Crippen molar-refractivity contribution in [3.05, 3.63) is 0 Å². The van der Waals surface area contributed by atoms with Crippen LogP contribution in [0.5, 0.6) is 0 Å². The summed E-state index contributed by atoms with van der Waals surface area (Å²) < 4.78 is 0. The van der Waals surface area contributed by atoms with Gasteiger partial charge >= 0.3 is 0 Å². The molecule has 2 nitrogen and oxygen atoms in total. The molecule has 0 spiro atoms. The predicted molar refractivity (Wildman–Crippen MR) is 43.8 cm³/mol. The Kier molecular flexibility index (Phi) is 2.69. The lowest BCUT2D eigenvalue weighted by atomic mass is 9.89. The smallest absolute Gasteiger partial charge is 0.00938 e. The van der Waals surface area contributed by atoms with Gasteiger partial charge in [0.15, 0.2) is 0 Å². The maximum Gasteiger partial charge on any atom is 0.00938 e. The largest absolute Gasteiger partial charge is 0.327 e. The molecule has 1 aliphatic heterocycles. The highest BCUT2D eigenvalue weighted by Crippen LogP contribution is 2.14. The molecule has 3 N–H and O–H groups in total. The quantitative estimate of drug-likeness (QED) is 0.605. The average Bonchev–Trinajstić information content (AvgIpc) is 1.55. The van der Waals surface area contributed by atoms with Gasteiger partial charge < -0.3 is 11.1 Å². The zero-order valence-electron chi connectivity index (χ0n) is 6.93. The van der Waals surface area contributed by atoms with Crippen LogP contribution in [0.2, 0.25) is 0 Å². The molecule has 0 saturated carbocycles. The van der Waals surface area contributed by atoms with E-state index in [1.807, 2.05) is 0 Å². The van der Waals surface area contributed by atoms with Crippen LogP contribution in [0.25, 0.3) is 0 Å². The van der Waals surface area contributed by atoms with Crippen LogP contribution in [0.4, 0.5) is 0 Å². The lowest BCUT2D eigenvalue weighted by molar-refractivity contribution is 0.265. The van der Waals surface area contributed by atoms with Crippen LogP contribution in [-0.2, 0) is 0 Å². The lowest BCUT2D eigenvalue weighted by Crippen LogP contribution is -2.52. The average molecular weight is 142 g/mol. The minimum absolute atomic E-state index is 0.432. The molecule has 2 heteroatoms. The minimum Gasteiger partial charge on any atom is -0.327 e. The van der Waals surface area contributed by atoms with Gasteiger partial charge in [0, 0.05) is 19.1 Å². The van der Waals surface area contributed by atoms with Crippen molar-refractivity contribution in [1.82, 2.24) is 5.32 Å². The first-order valence-electron chi connectivity index (χ1n) is 4.16. The molecule has 0 amide bonds. The molecule has 0 aliphatic carbocycles. The van der Waals surface area contributed by atoms with E-state index in [4.69, 9.17) is 5.73 Å². The molecule has 0 aromatic rings. The molecule has 0 aromatic heterocycles. The molecular weight excluding hydrogens is 124 g/mol. The Morgan fingerprint density at radius 3 is 2.40 bits per heavy atom. The van der Waals surface area contributed by atoms with Gasteiger partial charge in [0.25, 0.3) is 0 Å². The summed E-state index contributed by atoms with van der Waals surface area (Å²) >= 11 is 0. The standard InChI is InChI=1S/C8H18N2/c1-6(2)3-8(9)7-4-10-5-7/h6-8,10H,3-5,9H2,1-2H3. The third-order valence-electron chi connectivity index (χ3n) is 2.16. The van der Waals surface area contributed by atoms with E-state index in [2.05, 4.69) is 19.2 Å². The second-order valence-electron chi connectivity index (χ2n) is 3.71. The summed E-state index contributed by atoms with van der Waals surface area (Å²) in [6, 6.07) is 0.432. The molecule has 1 unspecified atom stereocenters. The van der Waals surface area contributed by atoms with Gasteiger partial charge in [-0.3, -0.25) is 0 Å². The van der Waals surface area contributed by atoms with Crippen molar-refractivity contribution in [3.63, 3.8) is 0 Å². The summed E-state index contributed by atoms with van der Waals surface area (Å²) in [7, 11) is 0. The van der Waals surface area contributed by atoms with Crippen LogP contribution in [0, 0.1) is 11.8 Å². The summed E-state index contributed by atoms with van der Waals surface area (Å²) in [5.41, 5.74) is 5.94. The first-order chi connectivity index (χ1) is 4.70. The fourth-order valence-corrected chi connectivity index (χ4v) is 1.35. The van der Waals surface area contributed by atoms with E-state index < -0.39 is 0 Å². The molecule has 60 valence electrons. The van der Waals surface area contributed by atoms with Crippen molar-refractivity contribution in [2.75, 3.05) is 13.1 Å². The van der Waals surface area contributed by atoms with E-state index in [1.54, 1.807) is 0 Å². The predicted octanol–water partition coefficient (Wildman–Crippen LogP) is 0.579. The lowest BCUT2D eigenvalue weighted by Gasteiger charge is -2.33. The SMILES string of the molecule is CC(C)CC(N)C1CNC1. The topological polar surface area (TPSA) is 38.0 Å². The first kappa shape index (κ1) is 8.02. The summed E-state index contributed by atoms with van der Waals surface area (Å²) in [6.07, 6.45) is 1.17. The normalized spacial score (nSPS) is 22.8. The monoisotopic (exact) mass is 142 g/mol. The van der Waals surface area contributed by atoms with Crippen LogP contribution < -0.4 is 11.1 Å². The molecule has 0 radical (unpaired) electrons. The van der Waals surface area contributed by atoms with Gasteiger partial charge in [-0.25, -0.2) is 0 Å². The summed E-state index contributed by atoms with van der Waals surface area (Å²) in [5.74, 6) is 1.50. The molecule has 1 rings (SSSR count). The Labute approximate surface area is 63.2 Å². The fourth-order valence-electron chi connectivity index (χ4n) is 1.35. The maximum absolute atomic E-state index is 5.94. The van der Waals surface area contributed by atoms with Crippen molar-refractivity contribution in [2.24, 2.45) is 17.6 Å². The molecule has 1 atom stereocenters. The van der Waals surface area contributed by atoms with Gasteiger partial charge in [-0.2, -0.15) is 0 Å². The van der Waals surface area contributed by atoms with Crippen LogP contribution >= 0.6 is 0 Å². The van der Waals surface area contributed by atoms with Gasteiger partial charge in [0.2, 0.25) is 0 Å². The molecule has 0 aromatic carbocycles. The van der Waals surface area contributed by atoms with Crippen molar-refractivity contribution >= 4 is 0 Å². The number of nitrogens with two attached hydrogens (primary N) is 1. The molecule has 0 bridgehead atoms. The molecule has 1 saturated heterocycles. The zero-order chi connectivity index (χ0) is 7.56. The summed E-state index contributed by atoms with van der Waals surface area (Å²) in [6.45, 7) is 6.72. The molecule has 1 fully saturated rings. The fraction of sp³-hybridized carbons (Fsp3) is 1.00. The van der Waals surface area contributed by atoms with E-state index in [1.165, 1.54) is 6.42 Å². The van der Waals surface area contributed by atoms with Crippen molar-refractivity contribution < 1.29 is 0 Å². The van der Waals surface area contributed by atoms with E-state index in [0.29, 0.717) is 6.04 Å². The minimum atomic E-state index is 0.432. The molecule has 1 aliphatic rings. The second-order valence-corrected chi connectivity index (χ2v) is 3.71. The number of hydrogen-bond donors (Lipinski definition) is 2.